The lowest BCUT2D eigenvalue weighted by atomic mass is 10.2. The molecule has 8 heteroatoms. The number of hydrogen-bond donors (Lipinski definition) is 1. The van der Waals surface area contributed by atoms with E-state index in [2.05, 4.69) is 4.74 Å². The minimum atomic E-state index is -4.43. The third-order valence-corrected chi connectivity index (χ3v) is 2.51. The molecule has 0 aliphatic carbocycles. The topological polar surface area (TPSA) is 66.8 Å². The first-order valence-electron chi connectivity index (χ1n) is 5.96. The Bertz CT molecular complexity index is 499. The van der Waals surface area contributed by atoms with Gasteiger partial charge in [-0.15, -0.1) is 0 Å². The van der Waals surface area contributed by atoms with E-state index < -0.39 is 24.7 Å². The summed E-state index contributed by atoms with van der Waals surface area (Å²) in [7, 11) is 1.44. The molecule has 0 radical (unpaired) electrons. The van der Waals surface area contributed by atoms with Gasteiger partial charge in [-0.25, -0.2) is 0 Å². The third-order valence-electron chi connectivity index (χ3n) is 2.51. The van der Waals surface area contributed by atoms with E-state index in [1.807, 2.05) is 0 Å². The van der Waals surface area contributed by atoms with E-state index in [1.165, 1.54) is 36.2 Å². The fraction of sp³-hybridized carbons (Fsp3) is 0.385. The van der Waals surface area contributed by atoms with Crippen LogP contribution in [-0.2, 0) is 4.79 Å². The van der Waals surface area contributed by atoms with Crippen LogP contribution in [0.2, 0.25) is 0 Å². The molecule has 0 saturated heterocycles. The molecule has 1 aromatic carbocycles. The molecular formula is C13H14F3NO4. The molecule has 0 aliphatic heterocycles. The molecule has 1 N–H and O–H groups in total. The number of halogens is 3. The number of benzene rings is 1. The Kier molecular flexibility index (Phi) is 5.57. The lowest BCUT2D eigenvalue weighted by Gasteiger charge is -2.16. The van der Waals surface area contributed by atoms with Gasteiger partial charge < -0.3 is 14.7 Å². The standard InChI is InChI=1S/C13H14F3NO4/c1-17(7-6-11(18)19)12(20)9-2-4-10(5-3-9)21-8-13(14,15)16/h2-5H,6-8H2,1H3,(H,18,19). The van der Waals surface area contributed by atoms with Crippen LogP contribution >= 0.6 is 0 Å². The summed E-state index contributed by atoms with van der Waals surface area (Å²) in [5, 5.41) is 8.53. The molecular weight excluding hydrogens is 291 g/mol. The first kappa shape index (κ1) is 16.8. The van der Waals surface area contributed by atoms with E-state index in [1.54, 1.807) is 0 Å². The van der Waals surface area contributed by atoms with Crippen molar-refractivity contribution in [3.05, 3.63) is 29.8 Å². The number of nitrogens with zero attached hydrogens (tertiary/aromatic N) is 1. The van der Waals surface area contributed by atoms with Crippen LogP contribution in [0.1, 0.15) is 16.8 Å². The van der Waals surface area contributed by atoms with Gasteiger partial charge in [0.2, 0.25) is 0 Å². The van der Waals surface area contributed by atoms with Gasteiger partial charge in [-0.05, 0) is 24.3 Å². The highest BCUT2D eigenvalue weighted by atomic mass is 19.4. The molecule has 0 spiro atoms. The first-order chi connectivity index (χ1) is 9.69. The van der Waals surface area contributed by atoms with Gasteiger partial charge in [0, 0.05) is 19.2 Å². The monoisotopic (exact) mass is 305 g/mol. The van der Waals surface area contributed by atoms with Crippen molar-refractivity contribution in [3.63, 3.8) is 0 Å². The SMILES string of the molecule is CN(CCC(=O)O)C(=O)c1ccc(OCC(F)(F)F)cc1. The third kappa shape index (κ3) is 6.15. The van der Waals surface area contributed by atoms with E-state index in [0.717, 1.165) is 0 Å². The van der Waals surface area contributed by atoms with Crippen LogP contribution in [0.3, 0.4) is 0 Å². The summed E-state index contributed by atoms with van der Waals surface area (Å²) in [4.78, 5) is 23.5. The van der Waals surface area contributed by atoms with Crippen LogP contribution in [0.5, 0.6) is 5.75 Å². The van der Waals surface area contributed by atoms with Crippen molar-refractivity contribution >= 4 is 11.9 Å². The molecule has 0 fully saturated rings. The second kappa shape index (κ2) is 6.96. The summed E-state index contributed by atoms with van der Waals surface area (Å²) < 4.78 is 40.4. The molecule has 0 bridgehead atoms. The summed E-state index contributed by atoms with van der Waals surface area (Å²) in [6, 6.07) is 5.16. The van der Waals surface area contributed by atoms with Crippen molar-refractivity contribution in [1.82, 2.24) is 4.90 Å². The molecule has 0 aromatic heterocycles. The highest BCUT2D eigenvalue weighted by Crippen LogP contribution is 2.19. The van der Waals surface area contributed by atoms with Crippen molar-refractivity contribution in [2.24, 2.45) is 0 Å². The van der Waals surface area contributed by atoms with Gasteiger partial charge in [-0.1, -0.05) is 0 Å². The summed E-state index contributed by atoms with van der Waals surface area (Å²) in [6.07, 6.45) is -4.61. The largest absolute Gasteiger partial charge is 0.484 e. The van der Waals surface area contributed by atoms with E-state index in [4.69, 9.17) is 5.11 Å². The second-order valence-corrected chi connectivity index (χ2v) is 4.30. The Morgan fingerprint density at radius 3 is 2.29 bits per heavy atom. The lowest BCUT2D eigenvalue weighted by molar-refractivity contribution is -0.153. The molecule has 0 unspecified atom stereocenters. The quantitative estimate of drug-likeness (QED) is 0.874. The molecule has 5 nitrogen and oxygen atoms in total. The van der Waals surface area contributed by atoms with Gasteiger partial charge in [0.25, 0.3) is 5.91 Å². The van der Waals surface area contributed by atoms with Crippen LogP contribution in [-0.4, -0.2) is 48.3 Å². The lowest BCUT2D eigenvalue weighted by Crippen LogP contribution is -2.29. The average molecular weight is 305 g/mol. The predicted molar refractivity (Wildman–Crippen MR) is 67.2 cm³/mol. The van der Waals surface area contributed by atoms with E-state index >= 15 is 0 Å². The average Bonchev–Trinajstić information content (AvgIpc) is 2.41. The molecule has 0 atom stereocenters. The Morgan fingerprint density at radius 2 is 1.81 bits per heavy atom. The zero-order valence-corrected chi connectivity index (χ0v) is 11.2. The van der Waals surface area contributed by atoms with Gasteiger partial charge in [-0.3, -0.25) is 9.59 Å². The van der Waals surface area contributed by atoms with Gasteiger partial charge in [0.1, 0.15) is 5.75 Å². The minimum absolute atomic E-state index is 0.00272. The fourth-order valence-electron chi connectivity index (χ4n) is 1.44. The fourth-order valence-corrected chi connectivity index (χ4v) is 1.44. The maximum absolute atomic E-state index is 12.0. The van der Waals surface area contributed by atoms with Crippen molar-refractivity contribution in [3.8, 4) is 5.75 Å². The molecule has 0 heterocycles. The molecule has 21 heavy (non-hydrogen) atoms. The van der Waals surface area contributed by atoms with Gasteiger partial charge in [0.15, 0.2) is 6.61 Å². The molecule has 116 valence electrons. The van der Waals surface area contributed by atoms with Crippen molar-refractivity contribution in [2.75, 3.05) is 20.2 Å². The van der Waals surface area contributed by atoms with Gasteiger partial charge in [-0.2, -0.15) is 13.2 Å². The Balaban J connectivity index is 2.60. The molecule has 1 aromatic rings. The van der Waals surface area contributed by atoms with Crippen LogP contribution in [0.15, 0.2) is 24.3 Å². The number of rotatable bonds is 6. The number of carbonyl (C=O) groups is 2. The van der Waals surface area contributed by atoms with Crippen molar-refractivity contribution < 1.29 is 32.6 Å². The Morgan fingerprint density at radius 1 is 1.24 bits per heavy atom. The minimum Gasteiger partial charge on any atom is -0.484 e. The Labute approximate surface area is 118 Å². The zero-order chi connectivity index (χ0) is 16.0. The number of aliphatic carboxylic acids is 1. The Hall–Kier alpha value is -2.25. The maximum Gasteiger partial charge on any atom is 0.422 e. The first-order valence-corrected chi connectivity index (χ1v) is 5.96. The van der Waals surface area contributed by atoms with Crippen LogP contribution in [0.25, 0.3) is 0 Å². The predicted octanol–water partition coefficient (Wildman–Crippen LogP) is 2.17. The number of alkyl halides is 3. The summed E-state index contributed by atoms with van der Waals surface area (Å²) in [5.41, 5.74) is 0.238. The molecule has 1 amide bonds. The summed E-state index contributed by atoms with van der Waals surface area (Å²) in [6.45, 7) is -1.36. The molecule has 0 aliphatic rings. The zero-order valence-electron chi connectivity index (χ0n) is 11.2. The smallest absolute Gasteiger partial charge is 0.422 e. The van der Waals surface area contributed by atoms with E-state index in [-0.39, 0.29) is 24.3 Å². The second-order valence-electron chi connectivity index (χ2n) is 4.30. The van der Waals surface area contributed by atoms with Crippen molar-refractivity contribution in [2.45, 2.75) is 12.6 Å². The number of hydrogen-bond acceptors (Lipinski definition) is 3. The summed E-state index contributed by atoms with van der Waals surface area (Å²) in [5.74, 6) is -1.44. The number of amides is 1. The van der Waals surface area contributed by atoms with Gasteiger partial charge in [0.05, 0.1) is 6.42 Å². The van der Waals surface area contributed by atoms with Gasteiger partial charge >= 0.3 is 12.1 Å². The number of carboxylic acids is 1. The van der Waals surface area contributed by atoms with E-state index in [0.29, 0.717) is 0 Å². The van der Waals surface area contributed by atoms with E-state index in [9.17, 15) is 22.8 Å². The van der Waals surface area contributed by atoms with Crippen LogP contribution < -0.4 is 4.74 Å². The molecule has 1 rings (SSSR count). The van der Waals surface area contributed by atoms with Crippen LogP contribution in [0.4, 0.5) is 13.2 Å². The normalized spacial score (nSPS) is 11.0. The number of ether oxygens (including phenoxy) is 1. The maximum atomic E-state index is 12.0. The van der Waals surface area contributed by atoms with Crippen LogP contribution in [0, 0.1) is 0 Å². The summed E-state index contributed by atoms with van der Waals surface area (Å²) >= 11 is 0. The van der Waals surface area contributed by atoms with Crippen molar-refractivity contribution in [1.29, 1.82) is 0 Å². The molecule has 0 saturated carbocycles. The number of carbonyl (C=O) groups excluding carboxylic acids is 1. The number of carboxylic acid groups (broad SMARTS) is 1. The highest BCUT2D eigenvalue weighted by Gasteiger charge is 2.28. The highest BCUT2D eigenvalue weighted by molar-refractivity contribution is 5.94.